The Morgan fingerprint density at radius 1 is 1.35 bits per heavy atom. The number of thiophene rings is 1. The van der Waals surface area contributed by atoms with E-state index in [0.717, 1.165) is 46.8 Å². The lowest BCUT2D eigenvalue weighted by Gasteiger charge is -2.04. The number of hydrogen-bond donors (Lipinski definition) is 1. The van der Waals surface area contributed by atoms with Crippen LogP contribution in [0.15, 0.2) is 23.2 Å². The van der Waals surface area contributed by atoms with Gasteiger partial charge < -0.3 is 9.88 Å². The van der Waals surface area contributed by atoms with Crippen molar-refractivity contribution in [3.8, 4) is 0 Å². The van der Waals surface area contributed by atoms with Gasteiger partial charge in [0.05, 0.1) is 0 Å². The summed E-state index contributed by atoms with van der Waals surface area (Å²) in [5.74, 6) is 0.107. The van der Waals surface area contributed by atoms with E-state index in [-0.39, 0.29) is 5.78 Å². The number of Topliss-reactive ketones (excluding diaryl/α,β-unsaturated/α-hetero) is 1. The predicted molar refractivity (Wildman–Crippen MR) is 114 cm³/mol. The molecule has 0 amide bonds. The summed E-state index contributed by atoms with van der Waals surface area (Å²) < 4.78 is 2.20. The Morgan fingerprint density at radius 3 is 2.69 bits per heavy atom. The summed E-state index contributed by atoms with van der Waals surface area (Å²) in [6.45, 7) is 12.1. The van der Waals surface area contributed by atoms with Gasteiger partial charge in [-0.3, -0.25) is 4.79 Å². The summed E-state index contributed by atoms with van der Waals surface area (Å²) in [5.41, 5.74) is 2.71. The molecule has 0 saturated heterocycles. The quantitative estimate of drug-likeness (QED) is 0.635. The molecular weight excluding hydrogens is 340 g/mol. The number of ketones is 1. The first-order valence-corrected chi connectivity index (χ1v) is 10.3. The van der Waals surface area contributed by atoms with Crippen LogP contribution in [-0.4, -0.2) is 16.9 Å². The highest BCUT2D eigenvalue weighted by atomic mass is 32.1. The van der Waals surface area contributed by atoms with Crippen molar-refractivity contribution in [2.24, 2.45) is 0 Å². The molecule has 26 heavy (non-hydrogen) atoms. The van der Waals surface area contributed by atoms with E-state index in [1.165, 1.54) is 11.3 Å². The number of carbonyl (C=O) groups excluding carboxylic acids is 1. The molecule has 0 unspecified atom stereocenters. The summed E-state index contributed by atoms with van der Waals surface area (Å²) >= 11 is 1.71. The van der Waals surface area contributed by atoms with Gasteiger partial charge in [-0.25, -0.2) is 0 Å². The van der Waals surface area contributed by atoms with Gasteiger partial charge in [0.1, 0.15) is 0 Å². The maximum atomic E-state index is 12.9. The highest BCUT2D eigenvalue weighted by Crippen LogP contribution is 2.19. The molecule has 0 fully saturated rings. The molecule has 0 radical (unpaired) electrons. The zero-order valence-corrected chi connectivity index (χ0v) is 17.4. The first kappa shape index (κ1) is 20.2. The van der Waals surface area contributed by atoms with Gasteiger partial charge in [-0.1, -0.05) is 27.2 Å². The molecule has 2 aromatic heterocycles. The van der Waals surface area contributed by atoms with Crippen LogP contribution >= 0.6 is 11.3 Å². The van der Waals surface area contributed by atoms with Crippen molar-refractivity contribution >= 4 is 35.5 Å². The fourth-order valence-corrected chi connectivity index (χ4v) is 3.63. The molecule has 1 aliphatic rings. The van der Waals surface area contributed by atoms with Crippen LogP contribution in [-0.2, 0) is 6.54 Å². The summed E-state index contributed by atoms with van der Waals surface area (Å²) in [6, 6.07) is 2.07. The number of nitrogens with one attached hydrogen (secondary N) is 1. The molecule has 2 aromatic rings. The van der Waals surface area contributed by atoms with Crippen molar-refractivity contribution in [2.45, 2.75) is 54.0 Å². The van der Waals surface area contributed by atoms with Crippen molar-refractivity contribution in [1.82, 2.24) is 9.88 Å². The molecular formula is C22H30N2OS. The van der Waals surface area contributed by atoms with Crippen LogP contribution in [0.5, 0.6) is 0 Å². The highest BCUT2D eigenvalue weighted by Gasteiger charge is 2.15. The van der Waals surface area contributed by atoms with Gasteiger partial charge >= 0.3 is 0 Å². The van der Waals surface area contributed by atoms with Gasteiger partial charge in [0.15, 0.2) is 5.78 Å². The number of rotatable bonds is 5. The average Bonchev–Trinajstić information content (AvgIpc) is 3.20. The van der Waals surface area contributed by atoms with Crippen molar-refractivity contribution in [1.29, 1.82) is 0 Å². The van der Waals surface area contributed by atoms with Gasteiger partial charge in [0.2, 0.25) is 0 Å². The van der Waals surface area contributed by atoms with Crippen LogP contribution in [0.2, 0.25) is 0 Å². The van der Waals surface area contributed by atoms with Gasteiger partial charge in [-0.15, -0.1) is 11.3 Å². The molecule has 4 heteroatoms. The maximum Gasteiger partial charge on any atom is 0.190 e. The first-order chi connectivity index (χ1) is 12.5. The van der Waals surface area contributed by atoms with Crippen LogP contribution in [0.3, 0.4) is 0 Å². The minimum atomic E-state index is 0.107. The van der Waals surface area contributed by atoms with Crippen molar-refractivity contribution in [3.05, 3.63) is 49.8 Å². The normalized spacial score (nSPS) is 12.9. The summed E-state index contributed by atoms with van der Waals surface area (Å²) in [4.78, 5) is 14.2. The van der Waals surface area contributed by atoms with Crippen LogP contribution in [0, 0.1) is 6.92 Å². The second-order valence-electron chi connectivity index (χ2n) is 6.59. The lowest BCUT2D eigenvalue weighted by molar-refractivity contribution is 0.103. The first-order valence-electron chi connectivity index (χ1n) is 9.43. The Balaban J connectivity index is 0.000000758. The second kappa shape index (κ2) is 9.58. The molecule has 0 aliphatic carbocycles. The van der Waals surface area contributed by atoms with E-state index < -0.39 is 0 Å². The molecule has 0 atom stereocenters. The van der Waals surface area contributed by atoms with Gasteiger partial charge in [-0.05, 0) is 55.0 Å². The number of aryl methyl sites for hydroxylation is 2. The van der Waals surface area contributed by atoms with Crippen molar-refractivity contribution in [3.63, 3.8) is 0 Å². The van der Waals surface area contributed by atoms with Crippen LogP contribution in [0.4, 0.5) is 0 Å². The van der Waals surface area contributed by atoms with Crippen molar-refractivity contribution in [2.75, 3.05) is 6.54 Å². The summed E-state index contributed by atoms with van der Waals surface area (Å²) in [7, 11) is 0. The Kier molecular flexibility index (Phi) is 7.46. The standard InChI is InChI=1S/C19H22N2OS.C3H8/c1-4-8-21-12-17(16-11-20-7-5-18(16)21)19(22)13(2)10-15-6-9-23-14(15)3;1-3-2/h5-6,9-12,20H,4,7-8H2,1-3H3;3H2,1-2H3/b13-10+;. The molecule has 0 aromatic carbocycles. The van der Waals surface area contributed by atoms with Crippen molar-refractivity contribution < 1.29 is 4.79 Å². The summed E-state index contributed by atoms with van der Waals surface area (Å²) in [6.07, 6.45) is 10.4. The number of nitrogens with zero attached hydrogens (tertiary/aromatic N) is 1. The lowest BCUT2D eigenvalue weighted by Crippen LogP contribution is -2.37. The van der Waals surface area contributed by atoms with E-state index in [2.05, 4.69) is 55.1 Å². The van der Waals surface area contributed by atoms with E-state index >= 15 is 0 Å². The SMILES string of the molecule is CCC.CCCn1cc(C(=O)/C(C)=C/c2ccsc2C)c2c1=CCNC=2. The number of fused-ring (bicyclic) bond motifs is 1. The summed E-state index contributed by atoms with van der Waals surface area (Å²) in [5, 5.41) is 7.46. The number of carbonyl (C=O) groups is 1. The third-order valence-electron chi connectivity index (χ3n) is 4.16. The highest BCUT2D eigenvalue weighted by molar-refractivity contribution is 7.10. The molecule has 0 spiro atoms. The van der Waals surface area contributed by atoms with Gasteiger partial charge in [-0.2, -0.15) is 0 Å². The minimum Gasteiger partial charge on any atom is -0.387 e. The van der Waals surface area contributed by atoms with Gasteiger partial charge in [0.25, 0.3) is 0 Å². The number of allylic oxidation sites excluding steroid dienone is 1. The van der Waals surface area contributed by atoms with E-state index in [9.17, 15) is 4.79 Å². The molecule has 3 nitrogen and oxygen atoms in total. The third kappa shape index (κ3) is 4.55. The average molecular weight is 371 g/mol. The van der Waals surface area contributed by atoms with E-state index in [1.54, 1.807) is 11.3 Å². The molecule has 3 rings (SSSR count). The second-order valence-corrected chi connectivity index (χ2v) is 7.71. The zero-order valence-electron chi connectivity index (χ0n) is 16.6. The van der Waals surface area contributed by atoms with Crippen LogP contribution < -0.4 is 15.9 Å². The molecule has 0 saturated carbocycles. The molecule has 0 bridgehead atoms. The van der Waals surface area contributed by atoms with Gasteiger partial charge in [0, 0.05) is 46.5 Å². The number of hydrogen-bond acceptors (Lipinski definition) is 3. The largest absolute Gasteiger partial charge is 0.387 e. The minimum absolute atomic E-state index is 0.107. The molecule has 1 aliphatic heterocycles. The Hall–Kier alpha value is -2.07. The molecule has 140 valence electrons. The van der Waals surface area contributed by atoms with Crippen LogP contribution in [0.1, 0.15) is 61.3 Å². The predicted octanol–water partition coefficient (Wildman–Crippen LogP) is 4.09. The molecule has 3 heterocycles. The Morgan fingerprint density at radius 2 is 2.08 bits per heavy atom. The lowest BCUT2D eigenvalue weighted by atomic mass is 10.0. The maximum absolute atomic E-state index is 12.9. The monoisotopic (exact) mass is 370 g/mol. The van der Waals surface area contributed by atoms with Crippen LogP contribution in [0.25, 0.3) is 18.4 Å². The van der Waals surface area contributed by atoms with E-state index in [4.69, 9.17) is 0 Å². The Bertz CT molecular complexity index is 899. The van der Waals surface area contributed by atoms with E-state index in [1.807, 2.05) is 25.4 Å². The Labute approximate surface area is 160 Å². The third-order valence-corrected chi connectivity index (χ3v) is 5.02. The number of aromatic nitrogens is 1. The molecule has 1 N–H and O–H groups in total. The fourth-order valence-electron chi connectivity index (χ4n) is 2.95. The topological polar surface area (TPSA) is 34.0 Å². The zero-order chi connectivity index (χ0) is 19.1. The van der Waals surface area contributed by atoms with E-state index in [0.29, 0.717) is 0 Å². The fraction of sp³-hybridized carbons (Fsp3) is 0.409. The smallest absolute Gasteiger partial charge is 0.190 e.